The average molecular weight is 268 g/mol. The number of aromatic nitrogens is 1. The summed E-state index contributed by atoms with van der Waals surface area (Å²) in [4.78, 5) is 18.6. The van der Waals surface area contributed by atoms with Crippen molar-refractivity contribution in [2.75, 3.05) is 13.2 Å². The van der Waals surface area contributed by atoms with Gasteiger partial charge in [-0.1, -0.05) is 18.2 Å². The molecule has 1 fully saturated rings. The molecule has 1 aliphatic carbocycles. The zero-order valence-corrected chi connectivity index (χ0v) is 11.2. The van der Waals surface area contributed by atoms with E-state index in [1.807, 2.05) is 29.2 Å². The van der Waals surface area contributed by atoms with Crippen LogP contribution in [-0.4, -0.2) is 28.9 Å². The second-order valence-corrected chi connectivity index (χ2v) is 5.65. The molecule has 0 bridgehead atoms. The Balaban J connectivity index is 1.72. The smallest absolute Gasteiger partial charge is 0.260 e. The summed E-state index contributed by atoms with van der Waals surface area (Å²) in [6.45, 7) is 1.57. The van der Waals surface area contributed by atoms with Crippen LogP contribution >= 0.6 is 0 Å². The molecule has 0 N–H and O–H groups in total. The van der Waals surface area contributed by atoms with Crippen molar-refractivity contribution in [3.8, 4) is 5.88 Å². The van der Waals surface area contributed by atoms with Gasteiger partial charge in [-0.2, -0.15) is 0 Å². The van der Waals surface area contributed by atoms with Crippen LogP contribution in [0.2, 0.25) is 0 Å². The number of rotatable bonds is 2. The summed E-state index contributed by atoms with van der Waals surface area (Å²) >= 11 is 0. The molecule has 4 nitrogen and oxygen atoms in total. The van der Waals surface area contributed by atoms with Gasteiger partial charge in [-0.05, 0) is 30.9 Å². The number of pyridine rings is 1. The number of nitrogens with zero attached hydrogens (tertiary/aromatic N) is 2. The Morgan fingerprint density at radius 2 is 2.15 bits per heavy atom. The van der Waals surface area contributed by atoms with Crippen LogP contribution in [0.25, 0.3) is 10.9 Å². The minimum absolute atomic E-state index is 0.0685. The summed E-state index contributed by atoms with van der Waals surface area (Å²) in [5, 5.41) is 1.09. The van der Waals surface area contributed by atoms with Gasteiger partial charge >= 0.3 is 0 Å². The van der Waals surface area contributed by atoms with Crippen LogP contribution in [0, 0.1) is 5.92 Å². The van der Waals surface area contributed by atoms with Gasteiger partial charge in [0.2, 0.25) is 5.88 Å². The van der Waals surface area contributed by atoms with Crippen molar-refractivity contribution < 1.29 is 9.53 Å². The van der Waals surface area contributed by atoms with E-state index in [-0.39, 0.29) is 12.5 Å². The molecule has 20 heavy (non-hydrogen) atoms. The minimum Gasteiger partial charge on any atom is -0.467 e. The monoisotopic (exact) mass is 268 g/mol. The Kier molecular flexibility index (Phi) is 2.62. The molecule has 0 spiro atoms. The first-order valence-electron chi connectivity index (χ1n) is 7.09. The van der Waals surface area contributed by atoms with Crippen molar-refractivity contribution in [1.29, 1.82) is 0 Å². The predicted octanol–water partition coefficient (Wildman–Crippen LogP) is 2.37. The lowest BCUT2D eigenvalue weighted by Crippen LogP contribution is -2.34. The molecule has 2 aromatic rings. The zero-order chi connectivity index (χ0) is 13.5. The molecule has 2 aliphatic rings. The highest BCUT2D eigenvalue weighted by molar-refractivity contribution is 5.82. The number of ether oxygens (including phenoxy) is 1. The molecule has 102 valence electrons. The molecule has 1 aliphatic heterocycles. The topological polar surface area (TPSA) is 42.4 Å². The normalized spacial score (nSPS) is 18.6. The van der Waals surface area contributed by atoms with E-state index in [2.05, 4.69) is 11.1 Å². The van der Waals surface area contributed by atoms with E-state index in [1.54, 1.807) is 0 Å². The van der Waals surface area contributed by atoms with Crippen molar-refractivity contribution in [3.05, 3.63) is 35.9 Å². The molecule has 0 atom stereocenters. The number of para-hydroxylation sites is 1. The molecule has 0 saturated heterocycles. The third-order valence-electron chi connectivity index (χ3n) is 3.98. The molecule has 4 heteroatoms. The van der Waals surface area contributed by atoms with E-state index < -0.39 is 0 Å². The molecule has 0 radical (unpaired) electrons. The second kappa shape index (κ2) is 4.47. The summed E-state index contributed by atoms with van der Waals surface area (Å²) in [6.07, 6.45) is 2.49. The highest BCUT2D eigenvalue weighted by Crippen LogP contribution is 2.32. The lowest BCUT2D eigenvalue weighted by Gasteiger charge is -2.19. The SMILES string of the molecule is O=C1COc2nc3ccccc3cc2CN1CC1CC1. The van der Waals surface area contributed by atoms with Crippen LogP contribution < -0.4 is 4.74 Å². The largest absolute Gasteiger partial charge is 0.467 e. The average Bonchev–Trinajstić information content (AvgIpc) is 3.28. The van der Waals surface area contributed by atoms with E-state index in [0.717, 1.165) is 23.0 Å². The van der Waals surface area contributed by atoms with E-state index in [4.69, 9.17) is 4.74 Å². The number of hydrogen-bond donors (Lipinski definition) is 0. The van der Waals surface area contributed by atoms with Crippen molar-refractivity contribution in [2.24, 2.45) is 5.92 Å². The van der Waals surface area contributed by atoms with Crippen LogP contribution in [0.1, 0.15) is 18.4 Å². The molecule has 1 saturated carbocycles. The maximum atomic E-state index is 12.1. The number of hydrogen-bond acceptors (Lipinski definition) is 3. The van der Waals surface area contributed by atoms with Crippen molar-refractivity contribution in [1.82, 2.24) is 9.88 Å². The quantitative estimate of drug-likeness (QED) is 0.839. The van der Waals surface area contributed by atoms with Crippen molar-refractivity contribution in [2.45, 2.75) is 19.4 Å². The minimum atomic E-state index is 0.0685. The highest BCUT2D eigenvalue weighted by atomic mass is 16.5. The van der Waals surface area contributed by atoms with E-state index in [9.17, 15) is 4.79 Å². The first-order valence-corrected chi connectivity index (χ1v) is 7.09. The Hall–Kier alpha value is -2.10. The molecular weight excluding hydrogens is 252 g/mol. The lowest BCUT2D eigenvalue weighted by molar-refractivity contribution is -0.133. The van der Waals surface area contributed by atoms with Crippen LogP contribution in [0.5, 0.6) is 5.88 Å². The molecule has 1 aromatic carbocycles. The number of amides is 1. The summed E-state index contributed by atoms with van der Waals surface area (Å²) in [5.41, 5.74) is 1.92. The van der Waals surface area contributed by atoms with E-state index in [1.165, 1.54) is 12.8 Å². The van der Waals surface area contributed by atoms with E-state index >= 15 is 0 Å². The second-order valence-electron chi connectivity index (χ2n) is 5.65. The Morgan fingerprint density at radius 1 is 1.30 bits per heavy atom. The van der Waals surface area contributed by atoms with Gasteiger partial charge in [0.15, 0.2) is 6.61 Å². The van der Waals surface area contributed by atoms with Gasteiger partial charge < -0.3 is 9.64 Å². The number of fused-ring (bicyclic) bond motifs is 2. The molecular formula is C16H16N2O2. The van der Waals surface area contributed by atoms with Gasteiger partial charge in [0.1, 0.15) is 0 Å². The third-order valence-corrected chi connectivity index (χ3v) is 3.98. The fourth-order valence-corrected chi connectivity index (χ4v) is 2.67. The van der Waals surface area contributed by atoms with Gasteiger partial charge in [0.05, 0.1) is 12.1 Å². The predicted molar refractivity (Wildman–Crippen MR) is 75.4 cm³/mol. The number of benzene rings is 1. The molecule has 1 amide bonds. The van der Waals surface area contributed by atoms with Crippen LogP contribution in [-0.2, 0) is 11.3 Å². The number of carbonyl (C=O) groups is 1. The maximum Gasteiger partial charge on any atom is 0.260 e. The van der Waals surface area contributed by atoms with Gasteiger partial charge in [-0.25, -0.2) is 4.98 Å². The highest BCUT2D eigenvalue weighted by Gasteiger charge is 2.29. The fourth-order valence-electron chi connectivity index (χ4n) is 2.67. The summed E-state index contributed by atoms with van der Waals surface area (Å²) in [6, 6.07) is 10.1. The first-order chi connectivity index (χ1) is 9.79. The Morgan fingerprint density at radius 3 is 3.00 bits per heavy atom. The van der Waals surface area contributed by atoms with Crippen LogP contribution in [0.15, 0.2) is 30.3 Å². The zero-order valence-electron chi connectivity index (χ0n) is 11.2. The maximum absolute atomic E-state index is 12.1. The van der Waals surface area contributed by atoms with Gasteiger partial charge in [0, 0.05) is 17.5 Å². The summed E-state index contributed by atoms with van der Waals surface area (Å²) in [5.74, 6) is 1.36. The number of carbonyl (C=O) groups excluding carboxylic acids is 1. The van der Waals surface area contributed by atoms with Crippen LogP contribution in [0.4, 0.5) is 0 Å². The van der Waals surface area contributed by atoms with Gasteiger partial charge in [-0.3, -0.25) is 4.79 Å². The standard InChI is InChI=1S/C16H16N2O2/c19-15-10-20-16-13(9-18(15)8-11-5-6-11)7-12-3-1-2-4-14(12)17-16/h1-4,7,11H,5-6,8-10H2. The van der Waals surface area contributed by atoms with Crippen LogP contribution in [0.3, 0.4) is 0 Å². The van der Waals surface area contributed by atoms with E-state index in [0.29, 0.717) is 18.3 Å². The fraction of sp³-hybridized carbons (Fsp3) is 0.375. The van der Waals surface area contributed by atoms with Crippen molar-refractivity contribution >= 4 is 16.8 Å². The van der Waals surface area contributed by atoms with Crippen molar-refractivity contribution in [3.63, 3.8) is 0 Å². The molecule has 4 rings (SSSR count). The Labute approximate surface area is 117 Å². The lowest BCUT2D eigenvalue weighted by atomic mass is 10.1. The molecule has 1 aromatic heterocycles. The third kappa shape index (κ3) is 2.11. The Bertz CT molecular complexity index is 679. The first kappa shape index (κ1) is 11.7. The summed E-state index contributed by atoms with van der Waals surface area (Å²) in [7, 11) is 0. The van der Waals surface area contributed by atoms with Gasteiger partial charge in [0.25, 0.3) is 5.91 Å². The molecule has 2 heterocycles. The van der Waals surface area contributed by atoms with Gasteiger partial charge in [-0.15, -0.1) is 0 Å². The summed E-state index contributed by atoms with van der Waals surface area (Å²) < 4.78 is 5.60. The molecule has 0 unspecified atom stereocenters.